The van der Waals surface area contributed by atoms with Crippen LogP contribution in [0.5, 0.6) is 0 Å². The Bertz CT molecular complexity index is 563. The lowest BCUT2D eigenvalue weighted by molar-refractivity contribution is -0.121. The second kappa shape index (κ2) is 7.42. The smallest absolute Gasteiger partial charge is 0.275 e. The molecule has 0 fully saturated rings. The van der Waals surface area contributed by atoms with E-state index in [2.05, 4.69) is 4.98 Å². The Morgan fingerprint density at radius 2 is 1.77 bits per heavy atom. The molecule has 2 atom stereocenters. The zero-order valence-corrected chi connectivity index (χ0v) is 12.2. The molecule has 0 saturated heterocycles. The van der Waals surface area contributed by atoms with Crippen LogP contribution in [0.3, 0.4) is 0 Å². The van der Waals surface area contributed by atoms with Gasteiger partial charge in [-0.15, -0.1) is 0 Å². The molecule has 0 radical (unpaired) electrons. The van der Waals surface area contributed by atoms with Crippen molar-refractivity contribution in [3.8, 4) is 0 Å². The summed E-state index contributed by atoms with van der Waals surface area (Å²) in [4.78, 5) is 4.01. The minimum absolute atomic E-state index is 0.100. The normalized spacial score (nSPS) is 14.5. The summed E-state index contributed by atoms with van der Waals surface area (Å²) >= 11 is 0. The molecule has 0 saturated carbocycles. The van der Waals surface area contributed by atoms with Gasteiger partial charge in [-0.3, -0.25) is 4.98 Å². The number of hydrogen-bond donors (Lipinski definition) is 2. The third-order valence-electron chi connectivity index (χ3n) is 3.59. The number of aliphatic hydroxyl groups is 1. The van der Waals surface area contributed by atoms with Crippen molar-refractivity contribution in [2.24, 2.45) is 5.73 Å². The lowest BCUT2D eigenvalue weighted by Crippen LogP contribution is -2.48. The third kappa shape index (κ3) is 4.58. The molecule has 2 aromatic rings. The SMILES string of the molecule is NC(Cc1ccccc1)C(O)C(F)(F)CCc1ccccn1. The topological polar surface area (TPSA) is 59.1 Å². The molecule has 2 rings (SSSR count). The Hall–Kier alpha value is -1.85. The fraction of sp³-hybridized carbons (Fsp3) is 0.353. The highest BCUT2D eigenvalue weighted by Crippen LogP contribution is 2.27. The molecule has 0 aliphatic heterocycles. The number of hydrogen-bond acceptors (Lipinski definition) is 3. The molecule has 0 aliphatic rings. The van der Waals surface area contributed by atoms with E-state index >= 15 is 0 Å². The van der Waals surface area contributed by atoms with Gasteiger partial charge in [0.15, 0.2) is 0 Å². The van der Waals surface area contributed by atoms with E-state index < -0.39 is 24.5 Å². The van der Waals surface area contributed by atoms with Crippen LogP contribution in [-0.2, 0) is 12.8 Å². The van der Waals surface area contributed by atoms with Crippen LogP contribution in [0.25, 0.3) is 0 Å². The summed E-state index contributed by atoms with van der Waals surface area (Å²) in [6.07, 6.45) is -0.487. The van der Waals surface area contributed by atoms with Crippen LogP contribution in [0.4, 0.5) is 8.78 Å². The number of alkyl halides is 2. The lowest BCUT2D eigenvalue weighted by atomic mass is 9.95. The summed E-state index contributed by atoms with van der Waals surface area (Å²) in [5.74, 6) is -3.24. The van der Waals surface area contributed by atoms with Crippen LogP contribution >= 0.6 is 0 Å². The highest BCUT2D eigenvalue weighted by molar-refractivity contribution is 5.16. The zero-order valence-electron chi connectivity index (χ0n) is 12.2. The van der Waals surface area contributed by atoms with Gasteiger partial charge in [0.05, 0.1) is 0 Å². The van der Waals surface area contributed by atoms with Gasteiger partial charge in [-0.05, 0) is 30.5 Å². The van der Waals surface area contributed by atoms with Crippen LogP contribution in [-0.4, -0.2) is 28.2 Å². The maximum absolute atomic E-state index is 14.1. The molecule has 22 heavy (non-hydrogen) atoms. The number of halogens is 2. The molecule has 1 heterocycles. The predicted octanol–water partition coefficient (Wildman–Crippen LogP) is 2.58. The molecular weight excluding hydrogens is 286 g/mol. The summed E-state index contributed by atoms with van der Waals surface area (Å²) in [5, 5.41) is 9.89. The Morgan fingerprint density at radius 1 is 1.09 bits per heavy atom. The minimum atomic E-state index is -3.24. The van der Waals surface area contributed by atoms with Crippen LogP contribution in [0.1, 0.15) is 17.7 Å². The molecule has 0 bridgehead atoms. The van der Waals surface area contributed by atoms with Crippen LogP contribution < -0.4 is 5.73 Å². The van der Waals surface area contributed by atoms with Gasteiger partial charge >= 0.3 is 0 Å². The zero-order chi connectivity index (χ0) is 16.0. The molecular formula is C17H20F2N2O. The lowest BCUT2D eigenvalue weighted by Gasteiger charge is -2.27. The maximum Gasteiger partial charge on any atom is 0.275 e. The molecule has 118 valence electrons. The quantitative estimate of drug-likeness (QED) is 0.826. The van der Waals surface area contributed by atoms with Gasteiger partial charge in [-0.25, -0.2) is 8.78 Å². The second-order valence-electron chi connectivity index (χ2n) is 5.38. The Morgan fingerprint density at radius 3 is 2.41 bits per heavy atom. The van der Waals surface area contributed by atoms with Crippen LogP contribution in [0.15, 0.2) is 54.7 Å². The molecule has 2 unspecified atom stereocenters. The summed E-state index contributed by atoms with van der Waals surface area (Å²) in [6.45, 7) is 0. The molecule has 5 heteroatoms. The fourth-order valence-electron chi connectivity index (χ4n) is 2.30. The van der Waals surface area contributed by atoms with Crippen molar-refractivity contribution >= 4 is 0 Å². The first-order valence-corrected chi connectivity index (χ1v) is 7.24. The summed E-state index contributed by atoms with van der Waals surface area (Å²) in [6, 6.07) is 13.2. The molecule has 3 nitrogen and oxygen atoms in total. The van der Waals surface area contributed by atoms with Crippen molar-refractivity contribution in [2.45, 2.75) is 37.3 Å². The molecule has 0 amide bonds. The molecule has 0 spiro atoms. The number of rotatable bonds is 7. The van der Waals surface area contributed by atoms with Crippen molar-refractivity contribution in [3.63, 3.8) is 0 Å². The van der Waals surface area contributed by atoms with E-state index in [0.717, 1.165) is 5.56 Å². The Kier molecular flexibility index (Phi) is 5.57. The number of aryl methyl sites for hydroxylation is 1. The van der Waals surface area contributed by atoms with Gasteiger partial charge < -0.3 is 10.8 Å². The number of nitrogens with two attached hydrogens (primary N) is 1. The van der Waals surface area contributed by atoms with Crippen LogP contribution in [0.2, 0.25) is 0 Å². The summed E-state index contributed by atoms with van der Waals surface area (Å²) in [5.41, 5.74) is 7.16. The highest BCUT2D eigenvalue weighted by Gasteiger charge is 2.41. The van der Waals surface area contributed by atoms with Gasteiger partial charge in [0.25, 0.3) is 5.92 Å². The largest absolute Gasteiger partial charge is 0.385 e. The van der Waals surface area contributed by atoms with Crippen LogP contribution in [0, 0.1) is 0 Å². The number of nitrogens with zero attached hydrogens (tertiary/aromatic N) is 1. The van der Waals surface area contributed by atoms with Gasteiger partial charge in [-0.1, -0.05) is 36.4 Å². The van der Waals surface area contributed by atoms with Crippen molar-refractivity contribution < 1.29 is 13.9 Å². The number of aliphatic hydroxyl groups excluding tert-OH is 1. The van der Waals surface area contributed by atoms with Crippen molar-refractivity contribution in [1.29, 1.82) is 0 Å². The standard InChI is InChI=1S/C17H20F2N2O/c18-17(19,10-9-14-8-4-5-11-21-14)16(22)15(20)12-13-6-2-1-3-7-13/h1-8,11,15-16,22H,9-10,12,20H2. The third-order valence-corrected chi connectivity index (χ3v) is 3.59. The van der Waals surface area contributed by atoms with E-state index in [9.17, 15) is 13.9 Å². The average Bonchev–Trinajstić information content (AvgIpc) is 2.54. The predicted molar refractivity (Wildman–Crippen MR) is 81.6 cm³/mol. The maximum atomic E-state index is 14.1. The Labute approximate surface area is 128 Å². The van der Waals surface area contributed by atoms with E-state index in [-0.39, 0.29) is 12.8 Å². The van der Waals surface area contributed by atoms with E-state index in [1.165, 1.54) is 0 Å². The number of pyridine rings is 1. The average molecular weight is 306 g/mol. The molecule has 0 aliphatic carbocycles. The summed E-state index contributed by atoms with van der Waals surface area (Å²) < 4.78 is 28.2. The van der Waals surface area contributed by atoms with Gasteiger partial charge in [0.1, 0.15) is 6.10 Å². The fourth-order valence-corrected chi connectivity index (χ4v) is 2.30. The van der Waals surface area contributed by atoms with Crippen molar-refractivity contribution in [2.75, 3.05) is 0 Å². The van der Waals surface area contributed by atoms with Gasteiger partial charge in [0, 0.05) is 24.4 Å². The van der Waals surface area contributed by atoms with Gasteiger partial charge in [0.2, 0.25) is 0 Å². The first-order valence-electron chi connectivity index (χ1n) is 7.24. The van der Waals surface area contributed by atoms with E-state index in [0.29, 0.717) is 5.69 Å². The monoisotopic (exact) mass is 306 g/mol. The second-order valence-corrected chi connectivity index (χ2v) is 5.38. The first kappa shape index (κ1) is 16.5. The molecule has 1 aromatic heterocycles. The number of aromatic nitrogens is 1. The first-order chi connectivity index (χ1) is 10.5. The van der Waals surface area contributed by atoms with Crippen molar-refractivity contribution in [3.05, 3.63) is 66.0 Å². The van der Waals surface area contributed by atoms with E-state index in [4.69, 9.17) is 5.73 Å². The summed E-state index contributed by atoms with van der Waals surface area (Å²) in [7, 11) is 0. The molecule has 1 aromatic carbocycles. The molecule has 3 N–H and O–H groups in total. The van der Waals surface area contributed by atoms with E-state index in [1.54, 1.807) is 36.5 Å². The highest BCUT2D eigenvalue weighted by atomic mass is 19.3. The minimum Gasteiger partial charge on any atom is -0.385 e. The Balaban J connectivity index is 1.92. The van der Waals surface area contributed by atoms with Crippen molar-refractivity contribution in [1.82, 2.24) is 4.98 Å². The van der Waals surface area contributed by atoms with Gasteiger partial charge in [-0.2, -0.15) is 0 Å². The van der Waals surface area contributed by atoms with E-state index in [1.807, 2.05) is 18.2 Å². The number of benzene rings is 1.